The van der Waals surface area contributed by atoms with Crippen LogP contribution in [0.3, 0.4) is 0 Å². The first-order valence-corrected chi connectivity index (χ1v) is 9.30. The second-order valence-electron chi connectivity index (χ2n) is 7.10. The summed E-state index contributed by atoms with van der Waals surface area (Å²) in [5.41, 5.74) is 3.47. The van der Waals surface area contributed by atoms with E-state index >= 15 is 0 Å². The van der Waals surface area contributed by atoms with Gasteiger partial charge in [0.25, 0.3) is 0 Å². The van der Waals surface area contributed by atoms with Gasteiger partial charge in [0.1, 0.15) is 5.75 Å². The number of nitrogens with one attached hydrogen (secondary N) is 1. The number of hydrogen-bond donors (Lipinski definition) is 2. The molecule has 0 aliphatic heterocycles. The molecule has 2 N–H and O–H groups in total. The molecular weight excluding hydrogens is 326 g/mol. The summed E-state index contributed by atoms with van der Waals surface area (Å²) in [6, 6.07) is 17.2. The average molecular weight is 353 g/mol. The Balaban J connectivity index is 1.62. The van der Waals surface area contributed by atoms with Gasteiger partial charge >= 0.3 is 5.97 Å². The Bertz CT molecular complexity index is 733. The molecule has 0 amide bonds. The number of para-hydroxylation sites is 1. The molecular formula is C22H27NO3. The lowest BCUT2D eigenvalue weighted by Crippen LogP contribution is -2.36. The number of benzene rings is 2. The van der Waals surface area contributed by atoms with Crippen LogP contribution >= 0.6 is 0 Å². The Morgan fingerprint density at radius 3 is 2.35 bits per heavy atom. The van der Waals surface area contributed by atoms with Gasteiger partial charge in [0, 0.05) is 17.6 Å². The van der Waals surface area contributed by atoms with Crippen LogP contribution in [0.1, 0.15) is 44.2 Å². The lowest BCUT2D eigenvalue weighted by molar-refractivity contribution is -0.142. The standard InChI is InChI=1S/C22H27NO3/c1-15(23-19-13-11-18(12-14-19)22(24)25)16-7-9-17(10-8-16)20-5-3-4-6-21(20)26-2/h3-10,15,18-19,23H,11-14H2,1-2H3,(H,24,25). The molecule has 1 unspecified atom stereocenters. The van der Waals surface area contributed by atoms with E-state index in [1.54, 1.807) is 7.11 Å². The number of carboxylic acids is 1. The number of hydrogen-bond acceptors (Lipinski definition) is 3. The Hall–Kier alpha value is -2.33. The average Bonchev–Trinajstić information content (AvgIpc) is 2.68. The fourth-order valence-electron chi connectivity index (χ4n) is 3.79. The van der Waals surface area contributed by atoms with E-state index in [9.17, 15) is 4.79 Å². The van der Waals surface area contributed by atoms with Crippen molar-refractivity contribution in [2.45, 2.75) is 44.7 Å². The van der Waals surface area contributed by atoms with Crippen LogP contribution in [-0.4, -0.2) is 24.2 Å². The Labute approximate surface area is 155 Å². The van der Waals surface area contributed by atoms with Crippen molar-refractivity contribution in [3.63, 3.8) is 0 Å². The maximum Gasteiger partial charge on any atom is 0.306 e. The van der Waals surface area contributed by atoms with E-state index in [-0.39, 0.29) is 12.0 Å². The third-order valence-corrected chi connectivity index (χ3v) is 5.39. The second-order valence-corrected chi connectivity index (χ2v) is 7.10. The Morgan fingerprint density at radius 1 is 1.08 bits per heavy atom. The fourth-order valence-corrected chi connectivity index (χ4v) is 3.79. The molecule has 0 heterocycles. The zero-order chi connectivity index (χ0) is 18.5. The van der Waals surface area contributed by atoms with Crippen LogP contribution in [0.5, 0.6) is 5.75 Å². The van der Waals surface area contributed by atoms with Crippen molar-refractivity contribution in [1.82, 2.24) is 5.32 Å². The van der Waals surface area contributed by atoms with Crippen molar-refractivity contribution in [2.24, 2.45) is 5.92 Å². The van der Waals surface area contributed by atoms with Gasteiger partial charge in [0.15, 0.2) is 0 Å². The molecule has 0 spiro atoms. The van der Waals surface area contributed by atoms with Crippen molar-refractivity contribution in [2.75, 3.05) is 7.11 Å². The number of methoxy groups -OCH3 is 1. The summed E-state index contributed by atoms with van der Waals surface area (Å²) >= 11 is 0. The third kappa shape index (κ3) is 4.25. The highest BCUT2D eigenvalue weighted by Gasteiger charge is 2.26. The summed E-state index contributed by atoms with van der Waals surface area (Å²) in [5.74, 6) is 0.0635. The lowest BCUT2D eigenvalue weighted by Gasteiger charge is -2.29. The predicted molar refractivity (Wildman–Crippen MR) is 103 cm³/mol. The quantitative estimate of drug-likeness (QED) is 0.793. The van der Waals surface area contributed by atoms with E-state index in [1.807, 2.05) is 18.2 Å². The summed E-state index contributed by atoms with van der Waals surface area (Å²) < 4.78 is 5.45. The number of rotatable bonds is 6. The molecule has 0 aromatic heterocycles. The molecule has 3 rings (SSSR count). The lowest BCUT2D eigenvalue weighted by atomic mass is 9.85. The summed E-state index contributed by atoms with van der Waals surface area (Å²) in [4.78, 5) is 11.1. The minimum atomic E-state index is -0.650. The molecule has 138 valence electrons. The molecule has 1 atom stereocenters. The van der Waals surface area contributed by atoms with Crippen LogP contribution in [0.4, 0.5) is 0 Å². The van der Waals surface area contributed by atoms with Crippen LogP contribution in [0.2, 0.25) is 0 Å². The van der Waals surface area contributed by atoms with Crippen LogP contribution in [0.25, 0.3) is 11.1 Å². The van der Waals surface area contributed by atoms with Gasteiger partial charge in [-0.1, -0.05) is 42.5 Å². The highest BCUT2D eigenvalue weighted by atomic mass is 16.5. The van der Waals surface area contributed by atoms with Crippen molar-refractivity contribution in [1.29, 1.82) is 0 Å². The highest BCUT2D eigenvalue weighted by Crippen LogP contribution is 2.31. The van der Waals surface area contributed by atoms with Crippen molar-refractivity contribution in [3.8, 4) is 16.9 Å². The molecule has 4 nitrogen and oxygen atoms in total. The van der Waals surface area contributed by atoms with E-state index in [0.717, 1.165) is 42.6 Å². The van der Waals surface area contributed by atoms with Crippen LogP contribution in [-0.2, 0) is 4.79 Å². The molecule has 26 heavy (non-hydrogen) atoms. The van der Waals surface area contributed by atoms with Gasteiger partial charge in [0.05, 0.1) is 13.0 Å². The minimum Gasteiger partial charge on any atom is -0.496 e. The second kappa shape index (κ2) is 8.37. The number of carbonyl (C=O) groups is 1. The van der Waals surface area contributed by atoms with E-state index in [4.69, 9.17) is 9.84 Å². The summed E-state index contributed by atoms with van der Waals surface area (Å²) in [7, 11) is 1.69. The fraction of sp³-hybridized carbons (Fsp3) is 0.409. The molecule has 0 saturated heterocycles. The van der Waals surface area contributed by atoms with Crippen LogP contribution in [0, 0.1) is 5.92 Å². The predicted octanol–water partition coefficient (Wildman–Crippen LogP) is 4.66. The first kappa shape index (κ1) is 18.5. The zero-order valence-electron chi connectivity index (χ0n) is 15.4. The van der Waals surface area contributed by atoms with Crippen molar-refractivity contribution < 1.29 is 14.6 Å². The number of ether oxygens (including phenoxy) is 1. The van der Waals surface area contributed by atoms with Gasteiger partial charge in [-0.05, 0) is 49.8 Å². The molecule has 2 aromatic rings. The Morgan fingerprint density at radius 2 is 1.73 bits per heavy atom. The minimum absolute atomic E-state index is 0.163. The summed E-state index contributed by atoms with van der Waals surface area (Å²) in [6.45, 7) is 2.17. The smallest absolute Gasteiger partial charge is 0.306 e. The van der Waals surface area contributed by atoms with Crippen molar-refractivity contribution in [3.05, 3.63) is 54.1 Å². The molecule has 1 fully saturated rings. The van der Waals surface area contributed by atoms with Gasteiger partial charge in [0.2, 0.25) is 0 Å². The van der Waals surface area contributed by atoms with E-state index in [0.29, 0.717) is 6.04 Å². The van der Waals surface area contributed by atoms with E-state index < -0.39 is 5.97 Å². The maximum atomic E-state index is 11.1. The zero-order valence-corrected chi connectivity index (χ0v) is 15.4. The van der Waals surface area contributed by atoms with Crippen LogP contribution in [0.15, 0.2) is 48.5 Å². The topological polar surface area (TPSA) is 58.6 Å². The third-order valence-electron chi connectivity index (χ3n) is 5.39. The largest absolute Gasteiger partial charge is 0.496 e. The monoisotopic (exact) mass is 353 g/mol. The van der Waals surface area contributed by atoms with Gasteiger partial charge in [-0.2, -0.15) is 0 Å². The molecule has 2 aromatic carbocycles. The first-order chi connectivity index (χ1) is 12.6. The SMILES string of the molecule is COc1ccccc1-c1ccc(C(C)NC2CCC(C(=O)O)CC2)cc1. The molecule has 1 aliphatic rings. The van der Waals surface area contributed by atoms with Crippen molar-refractivity contribution >= 4 is 5.97 Å². The highest BCUT2D eigenvalue weighted by molar-refractivity contribution is 5.70. The molecule has 4 heteroatoms. The number of aliphatic carboxylic acids is 1. The van der Waals surface area contributed by atoms with E-state index in [2.05, 4.69) is 42.6 Å². The van der Waals surface area contributed by atoms with Gasteiger partial charge in [-0.15, -0.1) is 0 Å². The van der Waals surface area contributed by atoms with E-state index in [1.165, 1.54) is 5.56 Å². The summed E-state index contributed by atoms with van der Waals surface area (Å²) in [6.07, 6.45) is 3.40. The first-order valence-electron chi connectivity index (χ1n) is 9.30. The molecule has 0 radical (unpaired) electrons. The van der Waals surface area contributed by atoms with Gasteiger partial charge < -0.3 is 15.2 Å². The molecule has 1 aliphatic carbocycles. The maximum absolute atomic E-state index is 11.1. The van der Waals surface area contributed by atoms with Gasteiger partial charge in [-0.3, -0.25) is 4.79 Å². The van der Waals surface area contributed by atoms with Gasteiger partial charge in [-0.25, -0.2) is 0 Å². The van der Waals surface area contributed by atoms with Crippen LogP contribution < -0.4 is 10.1 Å². The molecule has 1 saturated carbocycles. The normalized spacial score (nSPS) is 21.2. The number of carboxylic acid groups (broad SMARTS) is 1. The molecule has 0 bridgehead atoms. The summed E-state index contributed by atoms with van der Waals surface area (Å²) in [5, 5.41) is 12.8. The Kier molecular flexibility index (Phi) is 5.94.